The minimum absolute atomic E-state index is 0.279. The topological polar surface area (TPSA) is 87.7 Å². The third kappa shape index (κ3) is 4.39. The van der Waals surface area contributed by atoms with Gasteiger partial charge in [0.1, 0.15) is 23.1 Å². The van der Waals surface area contributed by atoms with Crippen LogP contribution in [0.4, 0.5) is 4.79 Å². The molecule has 0 aromatic heterocycles. The van der Waals surface area contributed by atoms with E-state index in [4.69, 9.17) is 4.74 Å². The highest BCUT2D eigenvalue weighted by Gasteiger charge is 2.47. The van der Waals surface area contributed by atoms with Crippen LogP contribution in [0.25, 0.3) is 0 Å². The summed E-state index contributed by atoms with van der Waals surface area (Å²) in [5, 5.41) is 5.34. The van der Waals surface area contributed by atoms with Gasteiger partial charge in [-0.2, -0.15) is 0 Å². The second kappa shape index (κ2) is 7.95. The number of amides is 4. The molecule has 0 unspecified atom stereocenters. The third-order valence-electron chi connectivity index (χ3n) is 4.87. The first kappa shape index (κ1) is 20.4. The van der Waals surface area contributed by atoms with Crippen molar-refractivity contribution >= 4 is 17.8 Å². The first-order chi connectivity index (χ1) is 13.7. The maximum atomic E-state index is 12.4. The van der Waals surface area contributed by atoms with Crippen molar-refractivity contribution < 1.29 is 19.1 Å². The van der Waals surface area contributed by atoms with Crippen molar-refractivity contribution in [3.63, 3.8) is 0 Å². The quantitative estimate of drug-likeness (QED) is 0.736. The van der Waals surface area contributed by atoms with Gasteiger partial charge in [-0.15, -0.1) is 0 Å². The van der Waals surface area contributed by atoms with Gasteiger partial charge in [0.25, 0.3) is 5.91 Å². The normalized spacial score (nSPS) is 16.3. The summed E-state index contributed by atoms with van der Waals surface area (Å²) in [6.07, 6.45) is 0. The second-order valence-electron chi connectivity index (χ2n) is 7.64. The number of para-hydroxylation sites is 1. The lowest BCUT2D eigenvalue weighted by Gasteiger charge is -2.22. The second-order valence-corrected chi connectivity index (χ2v) is 7.64. The maximum absolute atomic E-state index is 12.4. The molecule has 7 nitrogen and oxygen atoms in total. The SMILES string of the molecule is Cc1ccccc1Oc1ccc(CNC(=O)[C@@H](C)N2C(=O)NC(C)(C)C2=O)cc1. The highest BCUT2D eigenvalue weighted by Crippen LogP contribution is 2.25. The molecule has 1 heterocycles. The van der Waals surface area contributed by atoms with E-state index < -0.39 is 29.4 Å². The van der Waals surface area contributed by atoms with Gasteiger partial charge in [0.15, 0.2) is 0 Å². The first-order valence-corrected chi connectivity index (χ1v) is 9.45. The summed E-state index contributed by atoms with van der Waals surface area (Å²) in [5.74, 6) is 0.678. The van der Waals surface area contributed by atoms with Crippen LogP contribution in [0.15, 0.2) is 48.5 Å². The fraction of sp³-hybridized carbons (Fsp3) is 0.318. The predicted molar refractivity (Wildman–Crippen MR) is 108 cm³/mol. The van der Waals surface area contributed by atoms with E-state index in [0.29, 0.717) is 5.75 Å². The standard InChI is InChI=1S/C22H25N3O4/c1-14-7-5-6-8-18(14)29-17-11-9-16(10-12-17)13-23-19(26)15(2)25-20(27)22(3,4)24-21(25)28/h5-12,15H,13H2,1-4H3,(H,23,26)(H,24,28)/t15-/m1/s1. The Balaban J connectivity index is 1.57. The van der Waals surface area contributed by atoms with Crippen LogP contribution < -0.4 is 15.4 Å². The van der Waals surface area contributed by atoms with Gasteiger partial charge < -0.3 is 15.4 Å². The average Bonchev–Trinajstić information content (AvgIpc) is 2.89. The van der Waals surface area contributed by atoms with E-state index in [1.54, 1.807) is 13.8 Å². The van der Waals surface area contributed by atoms with Gasteiger partial charge in [0, 0.05) is 6.54 Å². The van der Waals surface area contributed by atoms with Gasteiger partial charge in [0.05, 0.1) is 0 Å². The molecule has 0 radical (unpaired) electrons. The molecule has 1 aliphatic heterocycles. The number of carbonyl (C=O) groups excluding carboxylic acids is 3. The summed E-state index contributed by atoms with van der Waals surface area (Å²) in [7, 11) is 0. The molecule has 29 heavy (non-hydrogen) atoms. The van der Waals surface area contributed by atoms with Crippen molar-refractivity contribution in [1.82, 2.24) is 15.5 Å². The van der Waals surface area contributed by atoms with Crippen LogP contribution in [0.3, 0.4) is 0 Å². The molecule has 152 valence electrons. The minimum Gasteiger partial charge on any atom is -0.457 e. The van der Waals surface area contributed by atoms with Crippen molar-refractivity contribution in [2.24, 2.45) is 0 Å². The average molecular weight is 395 g/mol. The molecule has 3 rings (SSSR count). The molecule has 0 spiro atoms. The number of nitrogens with zero attached hydrogens (tertiary/aromatic N) is 1. The lowest BCUT2D eigenvalue weighted by atomic mass is 10.1. The zero-order valence-corrected chi connectivity index (χ0v) is 17.0. The zero-order chi connectivity index (χ0) is 21.2. The zero-order valence-electron chi connectivity index (χ0n) is 17.0. The molecular formula is C22H25N3O4. The van der Waals surface area contributed by atoms with Crippen LogP contribution in [0, 0.1) is 6.92 Å². The van der Waals surface area contributed by atoms with Crippen LogP contribution >= 0.6 is 0 Å². The Labute approximate surface area is 170 Å². The highest BCUT2D eigenvalue weighted by molar-refractivity contribution is 6.09. The molecule has 2 N–H and O–H groups in total. The lowest BCUT2D eigenvalue weighted by molar-refractivity contribution is -0.137. The van der Waals surface area contributed by atoms with E-state index in [2.05, 4.69) is 10.6 Å². The van der Waals surface area contributed by atoms with E-state index >= 15 is 0 Å². The number of imide groups is 1. The monoisotopic (exact) mass is 395 g/mol. The maximum Gasteiger partial charge on any atom is 0.325 e. The third-order valence-corrected chi connectivity index (χ3v) is 4.87. The summed E-state index contributed by atoms with van der Waals surface area (Å²) in [4.78, 5) is 37.8. The van der Waals surface area contributed by atoms with Crippen molar-refractivity contribution in [2.45, 2.75) is 45.8 Å². The van der Waals surface area contributed by atoms with Crippen LogP contribution in [0.1, 0.15) is 31.9 Å². The van der Waals surface area contributed by atoms with Gasteiger partial charge in [-0.05, 0) is 57.0 Å². The summed E-state index contributed by atoms with van der Waals surface area (Å²) >= 11 is 0. The smallest absolute Gasteiger partial charge is 0.325 e. The molecule has 0 saturated carbocycles. The molecule has 4 amide bonds. The van der Waals surface area contributed by atoms with Crippen LogP contribution in [-0.4, -0.2) is 34.3 Å². The molecule has 1 atom stereocenters. The number of benzene rings is 2. The summed E-state index contributed by atoms with van der Waals surface area (Å²) in [6, 6.07) is 13.7. The first-order valence-electron chi connectivity index (χ1n) is 9.45. The Hall–Kier alpha value is -3.35. The van der Waals surface area contributed by atoms with Crippen LogP contribution in [0.5, 0.6) is 11.5 Å². The van der Waals surface area contributed by atoms with Gasteiger partial charge in [-0.25, -0.2) is 9.69 Å². The van der Waals surface area contributed by atoms with Crippen molar-refractivity contribution in [2.75, 3.05) is 0 Å². The largest absolute Gasteiger partial charge is 0.457 e. The van der Waals surface area contributed by atoms with Crippen molar-refractivity contribution in [3.8, 4) is 11.5 Å². The number of urea groups is 1. The summed E-state index contributed by atoms with van der Waals surface area (Å²) in [5.41, 5.74) is 0.917. The molecule has 0 bridgehead atoms. The minimum atomic E-state index is -1.00. The Bertz CT molecular complexity index is 937. The van der Waals surface area contributed by atoms with Gasteiger partial charge >= 0.3 is 6.03 Å². The lowest BCUT2D eigenvalue weighted by Crippen LogP contribution is -2.49. The summed E-state index contributed by atoms with van der Waals surface area (Å²) in [6.45, 7) is 7.01. The van der Waals surface area contributed by atoms with E-state index in [1.807, 2.05) is 55.5 Å². The van der Waals surface area contributed by atoms with Crippen molar-refractivity contribution in [1.29, 1.82) is 0 Å². The van der Waals surface area contributed by atoms with Gasteiger partial charge in [-0.3, -0.25) is 9.59 Å². The molecular weight excluding hydrogens is 370 g/mol. The number of hydrogen-bond donors (Lipinski definition) is 2. The molecule has 7 heteroatoms. The molecule has 1 aliphatic rings. The van der Waals surface area contributed by atoms with E-state index in [-0.39, 0.29) is 6.54 Å². The summed E-state index contributed by atoms with van der Waals surface area (Å²) < 4.78 is 5.86. The highest BCUT2D eigenvalue weighted by atomic mass is 16.5. The fourth-order valence-corrected chi connectivity index (χ4v) is 3.05. The van der Waals surface area contributed by atoms with Gasteiger partial charge in [0.2, 0.25) is 5.91 Å². The number of aryl methyl sites for hydroxylation is 1. The van der Waals surface area contributed by atoms with Crippen molar-refractivity contribution in [3.05, 3.63) is 59.7 Å². The van der Waals surface area contributed by atoms with E-state index in [9.17, 15) is 14.4 Å². The van der Waals surface area contributed by atoms with Gasteiger partial charge in [-0.1, -0.05) is 30.3 Å². The Morgan fingerprint density at radius 3 is 2.38 bits per heavy atom. The van der Waals surface area contributed by atoms with E-state index in [1.165, 1.54) is 6.92 Å². The molecule has 0 aliphatic carbocycles. The fourth-order valence-electron chi connectivity index (χ4n) is 3.05. The Morgan fingerprint density at radius 2 is 1.79 bits per heavy atom. The van der Waals surface area contributed by atoms with Crippen LogP contribution in [0.2, 0.25) is 0 Å². The number of rotatable bonds is 6. The number of carbonyl (C=O) groups is 3. The predicted octanol–water partition coefficient (Wildman–Crippen LogP) is 3.12. The molecule has 1 saturated heterocycles. The molecule has 2 aromatic carbocycles. The Kier molecular flexibility index (Phi) is 5.59. The number of hydrogen-bond acceptors (Lipinski definition) is 4. The number of ether oxygens (including phenoxy) is 1. The van der Waals surface area contributed by atoms with Crippen LogP contribution in [-0.2, 0) is 16.1 Å². The van der Waals surface area contributed by atoms with E-state index in [0.717, 1.165) is 21.8 Å². The molecule has 2 aromatic rings. The number of nitrogens with one attached hydrogen (secondary N) is 2. The Morgan fingerprint density at radius 1 is 1.14 bits per heavy atom. The molecule has 1 fully saturated rings.